The SMILES string of the molecule is COc1ccc([C@H]2C3=C(C[C@H](c4ccc(Cl)cc4)CC3=O)Nc3ccccc3N2C(=O)c2ccc(Cl)c(Cl)c2)cc1. The summed E-state index contributed by atoms with van der Waals surface area (Å²) < 4.78 is 5.40. The minimum atomic E-state index is -0.701. The van der Waals surface area contributed by atoms with Crippen molar-refractivity contribution in [2.75, 3.05) is 17.3 Å². The molecule has 6 rings (SSSR count). The van der Waals surface area contributed by atoms with Crippen molar-refractivity contribution >= 4 is 57.9 Å². The molecule has 2 atom stereocenters. The molecule has 206 valence electrons. The lowest BCUT2D eigenvalue weighted by atomic mass is 9.78. The summed E-state index contributed by atoms with van der Waals surface area (Å²) in [4.78, 5) is 30.3. The van der Waals surface area contributed by atoms with Crippen LogP contribution in [0, 0.1) is 0 Å². The zero-order chi connectivity index (χ0) is 28.7. The van der Waals surface area contributed by atoms with Gasteiger partial charge >= 0.3 is 0 Å². The molecular formula is C33H25Cl3N2O3. The van der Waals surface area contributed by atoms with Crippen molar-refractivity contribution in [2.24, 2.45) is 0 Å². The van der Waals surface area contributed by atoms with E-state index in [4.69, 9.17) is 39.5 Å². The van der Waals surface area contributed by atoms with Crippen molar-refractivity contribution in [1.82, 2.24) is 0 Å². The standard InChI is InChI=1S/C33H25Cl3N2O3/c1-41-24-13-8-20(9-14-24)32-31-28(17-22(18-30(31)39)19-6-11-23(34)12-7-19)37-27-4-2-3-5-29(27)38(32)33(40)21-10-15-25(35)26(36)16-21/h2-16,22,32,37H,17-18H2,1H3/t22-,32-/m0/s1. The van der Waals surface area contributed by atoms with Crippen LogP contribution in [0.3, 0.4) is 0 Å². The number of rotatable bonds is 4. The van der Waals surface area contributed by atoms with Gasteiger partial charge in [-0.2, -0.15) is 0 Å². The topological polar surface area (TPSA) is 58.6 Å². The Morgan fingerprint density at radius 2 is 1.56 bits per heavy atom. The van der Waals surface area contributed by atoms with Gasteiger partial charge in [-0.1, -0.05) is 71.2 Å². The summed E-state index contributed by atoms with van der Waals surface area (Å²) in [6, 6.07) is 26.8. The van der Waals surface area contributed by atoms with Gasteiger partial charge in [-0.3, -0.25) is 14.5 Å². The molecule has 0 saturated carbocycles. The van der Waals surface area contributed by atoms with Crippen molar-refractivity contribution in [3.63, 3.8) is 0 Å². The van der Waals surface area contributed by atoms with Gasteiger partial charge in [0.15, 0.2) is 5.78 Å². The lowest BCUT2D eigenvalue weighted by Crippen LogP contribution is -2.38. The normalized spacial score (nSPS) is 18.2. The van der Waals surface area contributed by atoms with E-state index < -0.39 is 6.04 Å². The minimum Gasteiger partial charge on any atom is -0.497 e. The van der Waals surface area contributed by atoms with E-state index in [-0.39, 0.29) is 22.6 Å². The number of carbonyl (C=O) groups is 2. The monoisotopic (exact) mass is 602 g/mol. The first kappa shape index (κ1) is 27.4. The van der Waals surface area contributed by atoms with Gasteiger partial charge in [-0.05, 0) is 78.1 Å². The Balaban J connectivity index is 1.55. The van der Waals surface area contributed by atoms with Crippen LogP contribution in [0.5, 0.6) is 5.75 Å². The fourth-order valence-corrected chi connectivity index (χ4v) is 6.08. The molecule has 1 aliphatic carbocycles. The number of ether oxygens (including phenoxy) is 1. The van der Waals surface area contributed by atoms with Crippen molar-refractivity contribution < 1.29 is 14.3 Å². The molecule has 2 aliphatic rings. The number of nitrogens with zero attached hydrogens (tertiary/aromatic N) is 1. The zero-order valence-corrected chi connectivity index (χ0v) is 24.3. The van der Waals surface area contributed by atoms with E-state index in [1.807, 2.05) is 72.8 Å². The van der Waals surface area contributed by atoms with Gasteiger partial charge in [0, 0.05) is 28.3 Å². The molecule has 0 saturated heterocycles. The number of halogens is 3. The Kier molecular flexibility index (Phi) is 7.52. The number of para-hydroxylation sites is 2. The number of ketones is 1. The van der Waals surface area contributed by atoms with Crippen LogP contribution in [-0.2, 0) is 4.79 Å². The summed E-state index contributed by atoms with van der Waals surface area (Å²) in [6.45, 7) is 0. The largest absolute Gasteiger partial charge is 0.497 e. The molecule has 0 fully saturated rings. The fraction of sp³-hybridized carbons (Fsp3) is 0.152. The maximum absolute atomic E-state index is 14.4. The van der Waals surface area contributed by atoms with Gasteiger partial charge < -0.3 is 10.1 Å². The molecule has 1 amide bonds. The molecule has 0 bridgehead atoms. The van der Waals surface area contributed by atoms with E-state index in [9.17, 15) is 9.59 Å². The van der Waals surface area contributed by atoms with Gasteiger partial charge in [0.05, 0.1) is 34.6 Å². The summed E-state index contributed by atoms with van der Waals surface area (Å²) >= 11 is 18.6. The second kappa shape index (κ2) is 11.2. The predicted octanol–water partition coefficient (Wildman–Crippen LogP) is 8.87. The molecule has 0 spiro atoms. The summed E-state index contributed by atoms with van der Waals surface area (Å²) in [5.74, 6) is 0.307. The highest BCUT2D eigenvalue weighted by Gasteiger charge is 2.42. The Morgan fingerprint density at radius 1 is 0.854 bits per heavy atom. The van der Waals surface area contributed by atoms with Crippen LogP contribution >= 0.6 is 34.8 Å². The number of nitrogens with one attached hydrogen (secondary N) is 1. The molecular weight excluding hydrogens is 579 g/mol. The number of methoxy groups -OCH3 is 1. The average Bonchev–Trinajstić information content (AvgIpc) is 3.13. The number of fused-ring (bicyclic) bond motifs is 1. The molecule has 0 radical (unpaired) electrons. The Bertz CT molecular complexity index is 1680. The van der Waals surface area contributed by atoms with Gasteiger partial charge in [0.25, 0.3) is 5.91 Å². The van der Waals surface area contributed by atoms with Gasteiger partial charge in [-0.25, -0.2) is 0 Å². The quantitative estimate of drug-likeness (QED) is 0.253. The Hall–Kier alpha value is -3.77. The highest BCUT2D eigenvalue weighted by atomic mass is 35.5. The molecule has 1 aliphatic heterocycles. The smallest absolute Gasteiger partial charge is 0.259 e. The van der Waals surface area contributed by atoms with Crippen LogP contribution in [0.2, 0.25) is 15.1 Å². The number of allylic oxidation sites excluding steroid dienone is 1. The van der Waals surface area contributed by atoms with Gasteiger partial charge in [-0.15, -0.1) is 0 Å². The highest BCUT2D eigenvalue weighted by molar-refractivity contribution is 6.42. The van der Waals surface area contributed by atoms with Crippen molar-refractivity contribution in [3.8, 4) is 5.75 Å². The van der Waals surface area contributed by atoms with E-state index in [1.54, 1.807) is 30.2 Å². The lowest BCUT2D eigenvalue weighted by molar-refractivity contribution is -0.116. The van der Waals surface area contributed by atoms with Crippen LogP contribution < -0.4 is 15.0 Å². The molecule has 8 heteroatoms. The lowest BCUT2D eigenvalue weighted by Gasteiger charge is -2.35. The summed E-state index contributed by atoms with van der Waals surface area (Å²) in [5, 5.41) is 4.83. The third kappa shape index (κ3) is 5.21. The van der Waals surface area contributed by atoms with Crippen LogP contribution in [0.15, 0.2) is 102 Å². The number of anilines is 2. The Labute approximate surface area is 253 Å². The average molecular weight is 604 g/mol. The molecule has 5 nitrogen and oxygen atoms in total. The third-order valence-corrected chi connectivity index (χ3v) is 8.64. The molecule has 4 aromatic rings. The van der Waals surface area contributed by atoms with Crippen molar-refractivity contribution in [3.05, 3.63) is 134 Å². The van der Waals surface area contributed by atoms with E-state index in [0.717, 1.165) is 22.5 Å². The maximum Gasteiger partial charge on any atom is 0.259 e. The zero-order valence-electron chi connectivity index (χ0n) is 22.0. The van der Waals surface area contributed by atoms with Crippen LogP contribution in [0.4, 0.5) is 11.4 Å². The van der Waals surface area contributed by atoms with Crippen LogP contribution in [0.25, 0.3) is 0 Å². The summed E-state index contributed by atoms with van der Waals surface area (Å²) in [6.07, 6.45) is 0.901. The van der Waals surface area contributed by atoms with E-state index in [1.165, 1.54) is 0 Å². The third-order valence-electron chi connectivity index (χ3n) is 7.65. The van der Waals surface area contributed by atoms with Gasteiger partial charge in [0.2, 0.25) is 0 Å². The summed E-state index contributed by atoms with van der Waals surface area (Å²) in [7, 11) is 1.60. The number of hydrogen-bond acceptors (Lipinski definition) is 4. The number of benzene rings is 4. The first-order valence-electron chi connectivity index (χ1n) is 13.1. The second-order valence-corrected chi connectivity index (χ2v) is 11.3. The van der Waals surface area contributed by atoms with E-state index >= 15 is 0 Å². The number of carbonyl (C=O) groups excluding carboxylic acids is 2. The first-order chi connectivity index (χ1) is 19.8. The number of amides is 1. The molecule has 0 unspecified atom stereocenters. The number of hydrogen-bond donors (Lipinski definition) is 1. The van der Waals surface area contributed by atoms with Crippen molar-refractivity contribution in [2.45, 2.75) is 24.8 Å². The molecule has 0 aromatic heterocycles. The van der Waals surface area contributed by atoms with E-state index in [2.05, 4.69) is 5.32 Å². The van der Waals surface area contributed by atoms with E-state index in [0.29, 0.717) is 45.5 Å². The van der Waals surface area contributed by atoms with Gasteiger partial charge in [0.1, 0.15) is 5.75 Å². The molecule has 41 heavy (non-hydrogen) atoms. The molecule has 1 heterocycles. The Morgan fingerprint density at radius 3 is 2.27 bits per heavy atom. The summed E-state index contributed by atoms with van der Waals surface area (Å²) in [5.41, 5.74) is 4.91. The number of Topliss-reactive ketones (excluding diaryl/α,β-unsaturated/α-hetero) is 1. The molecule has 4 aromatic carbocycles. The van der Waals surface area contributed by atoms with Crippen LogP contribution in [-0.4, -0.2) is 18.8 Å². The van der Waals surface area contributed by atoms with Crippen LogP contribution in [0.1, 0.15) is 46.3 Å². The second-order valence-electron chi connectivity index (χ2n) is 10.1. The fourth-order valence-electron chi connectivity index (χ4n) is 5.65. The maximum atomic E-state index is 14.4. The van der Waals surface area contributed by atoms with Crippen molar-refractivity contribution in [1.29, 1.82) is 0 Å². The first-order valence-corrected chi connectivity index (χ1v) is 14.3. The predicted molar refractivity (Wildman–Crippen MR) is 165 cm³/mol. The molecule has 1 N–H and O–H groups in total. The minimum absolute atomic E-state index is 0.0285. The highest BCUT2D eigenvalue weighted by Crippen LogP contribution is 2.48.